The van der Waals surface area contributed by atoms with E-state index in [9.17, 15) is 9.59 Å². The number of aliphatic imine (C=N–C) groups is 1. The first-order chi connectivity index (χ1) is 7.56. The van der Waals surface area contributed by atoms with Crippen LogP contribution in [0.25, 0.3) is 0 Å². The van der Waals surface area contributed by atoms with Gasteiger partial charge < -0.3 is 10.7 Å². The lowest BCUT2D eigenvalue weighted by molar-refractivity contribution is 0.588. The Labute approximate surface area is 104 Å². The lowest BCUT2D eigenvalue weighted by Gasteiger charge is -2.08. The predicted octanol–water partition coefficient (Wildman–Crippen LogP) is -1.50. The Morgan fingerprint density at radius 3 is 2.81 bits per heavy atom. The van der Waals surface area contributed by atoms with Crippen molar-refractivity contribution < 1.29 is 0 Å². The molecule has 0 bridgehead atoms. The Morgan fingerprint density at radius 1 is 1.44 bits per heavy atom. The number of aromatic amines is 2. The normalized spacial score (nSPS) is 19.8. The van der Waals surface area contributed by atoms with Gasteiger partial charge in [-0.1, -0.05) is 0 Å². The molecule has 5 N–H and O–H groups in total. The van der Waals surface area contributed by atoms with Gasteiger partial charge in [-0.2, -0.15) is 0 Å². The first-order valence-corrected chi connectivity index (χ1v) is 5.70. The molecule has 0 saturated carbocycles. The number of nitrogens with two attached hydrogens (primary N) is 1. The van der Waals surface area contributed by atoms with Gasteiger partial charge in [0.25, 0.3) is 5.56 Å². The van der Waals surface area contributed by atoms with Gasteiger partial charge in [-0.25, -0.2) is 4.79 Å². The molecule has 1 unspecified atom stereocenters. The fourth-order valence-electron chi connectivity index (χ4n) is 1.48. The predicted molar refractivity (Wildman–Crippen MR) is 67.5 cm³/mol. The van der Waals surface area contributed by atoms with Gasteiger partial charge in [-0.15, -0.1) is 0 Å². The van der Waals surface area contributed by atoms with Crippen LogP contribution < -0.4 is 22.3 Å². The minimum atomic E-state index is -0.504. The minimum absolute atomic E-state index is 0.175. The fraction of sp³-hybridized carbons (Fsp3) is 0.375. The summed E-state index contributed by atoms with van der Waals surface area (Å²) in [5.41, 5.74) is 5.21. The summed E-state index contributed by atoms with van der Waals surface area (Å²) in [5, 5.41) is 3.05. The van der Waals surface area contributed by atoms with Crippen molar-refractivity contribution in [3.05, 3.63) is 30.1 Å². The minimum Gasteiger partial charge on any atom is -0.386 e. The van der Waals surface area contributed by atoms with Crippen molar-refractivity contribution in [2.75, 3.05) is 6.54 Å². The molecule has 2 rings (SSSR count). The van der Waals surface area contributed by atoms with Crippen LogP contribution in [-0.2, 0) is 6.42 Å². The van der Waals surface area contributed by atoms with E-state index in [2.05, 4.69) is 20.3 Å². The van der Waals surface area contributed by atoms with Crippen molar-refractivity contribution in [1.82, 2.24) is 15.3 Å². The van der Waals surface area contributed by atoms with Gasteiger partial charge in [0.1, 0.15) is 12.0 Å². The van der Waals surface area contributed by atoms with Crippen molar-refractivity contribution in [1.29, 1.82) is 0 Å². The summed E-state index contributed by atoms with van der Waals surface area (Å²) in [4.78, 5) is 31.3. The van der Waals surface area contributed by atoms with Crippen LogP contribution in [0.3, 0.4) is 0 Å². The summed E-state index contributed by atoms with van der Waals surface area (Å²) >= 11 is 1.89. The van der Waals surface area contributed by atoms with Crippen molar-refractivity contribution in [3.8, 4) is 0 Å². The van der Waals surface area contributed by atoms with Crippen molar-refractivity contribution >= 4 is 28.4 Å². The molecule has 1 aromatic heterocycles. The highest BCUT2D eigenvalue weighted by Gasteiger charge is 2.17. The highest BCUT2D eigenvalue weighted by Crippen LogP contribution is 2.07. The molecule has 8 heteroatoms. The Hall–Kier alpha value is -1.16. The van der Waals surface area contributed by atoms with E-state index in [1.54, 1.807) is 0 Å². The second-order valence-electron chi connectivity index (χ2n) is 3.42. The number of nitrogens with one attached hydrogen (secondary N) is 3. The third-order valence-corrected chi connectivity index (χ3v) is 3.33. The topological polar surface area (TPSA) is 116 Å². The smallest absolute Gasteiger partial charge is 0.325 e. The van der Waals surface area contributed by atoms with E-state index in [1.165, 1.54) is 0 Å². The molecule has 0 radical (unpaired) electrons. The van der Waals surface area contributed by atoms with Crippen molar-refractivity contribution in [2.45, 2.75) is 12.6 Å². The van der Waals surface area contributed by atoms with Gasteiger partial charge in [-0.05, 0) is 22.6 Å². The van der Waals surface area contributed by atoms with E-state index >= 15 is 0 Å². The van der Waals surface area contributed by atoms with Crippen LogP contribution in [0.2, 0.25) is 0 Å². The number of H-pyrrole nitrogens is 2. The van der Waals surface area contributed by atoms with Crippen LogP contribution in [0.4, 0.5) is 0 Å². The quantitative estimate of drug-likeness (QED) is 0.493. The first kappa shape index (κ1) is 11.3. The average Bonchev–Trinajstić information content (AvgIpc) is 2.60. The average molecular weight is 333 g/mol. The second kappa shape index (κ2) is 4.37. The summed E-state index contributed by atoms with van der Waals surface area (Å²) in [6.07, 6.45) is 0.268. The summed E-state index contributed by atoms with van der Waals surface area (Å²) in [6.45, 7) is 0.536. The number of aromatic nitrogens is 2. The maximum Gasteiger partial charge on any atom is 0.325 e. The third-order valence-electron chi connectivity index (χ3n) is 2.19. The highest BCUT2D eigenvalue weighted by atomic mass is 125. The molecule has 86 valence electrons. The van der Waals surface area contributed by atoms with Crippen LogP contribution in [0.5, 0.6) is 0 Å². The molecule has 0 aromatic carbocycles. The summed E-state index contributed by atoms with van der Waals surface area (Å²) in [6, 6.07) is 0. The van der Waals surface area contributed by atoms with Crippen LogP contribution in [0.1, 0.15) is 5.69 Å². The van der Waals surface area contributed by atoms with Gasteiger partial charge in [0.2, 0.25) is 0 Å². The second-order valence-corrected chi connectivity index (χ2v) is 4.50. The standard InChI is InChI=1S/C8H10IN5O2/c9-6-3(12-8(16)14-7(6)15)1-5-11-2-4(10)13-5/h5,11H,1-2H2,(H2,10,13)(H2,12,14,15,16)/i9-2. The zero-order valence-electron chi connectivity index (χ0n) is 8.21. The van der Waals surface area contributed by atoms with Gasteiger partial charge in [-0.3, -0.25) is 20.1 Å². The molecular formula is C8H10IN5O2. The summed E-state index contributed by atoms with van der Waals surface area (Å²) in [5.74, 6) is 0.534. The van der Waals surface area contributed by atoms with Gasteiger partial charge in [0.05, 0.1) is 10.1 Å². The van der Waals surface area contributed by atoms with Gasteiger partial charge in [0.15, 0.2) is 0 Å². The number of hydrogen-bond acceptors (Lipinski definition) is 5. The van der Waals surface area contributed by atoms with Crippen molar-refractivity contribution in [3.63, 3.8) is 0 Å². The van der Waals surface area contributed by atoms with Crippen molar-refractivity contribution in [2.24, 2.45) is 10.7 Å². The molecule has 7 nitrogen and oxygen atoms in total. The molecule has 2 heterocycles. The molecule has 0 amide bonds. The highest BCUT2D eigenvalue weighted by molar-refractivity contribution is 14.1. The number of rotatable bonds is 2. The summed E-state index contributed by atoms with van der Waals surface area (Å²) in [7, 11) is 0. The zero-order chi connectivity index (χ0) is 11.7. The number of halogens is 1. The number of hydrogen-bond donors (Lipinski definition) is 4. The van der Waals surface area contributed by atoms with Gasteiger partial charge in [0, 0.05) is 12.1 Å². The SMILES string of the molecule is NC1=NC(Cc2[nH]c(=O)[nH]c(=O)c2[125I])NC1. The maximum atomic E-state index is 11.3. The van der Waals surface area contributed by atoms with E-state index in [0.717, 1.165) is 0 Å². The molecule has 16 heavy (non-hydrogen) atoms. The lowest BCUT2D eigenvalue weighted by atomic mass is 10.2. The molecule has 0 spiro atoms. The molecule has 0 saturated heterocycles. The Morgan fingerprint density at radius 2 is 2.19 bits per heavy atom. The molecular weight excluding hydrogens is 323 g/mol. The molecule has 1 aromatic rings. The largest absolute Gasteiger partial charge is 0.386 e. The van der Waals surface area contributed by atoms with Crippen LogP contribution in [0.15, 0.2) is 14.6 Å². The van der Waals surface area contributed by atoms with E-state index in [4.69, 9.17) is 5.73 Å². The molecule has 1 aliphatic heterocycles. The van der Waals surface area contributed by atoms with E-state index in [-0.39, 0.29) is 11.7 Å². The maximum absolute atomic E-state index is 11.3. The van der Waals surface area contributed by atoms with Crippen LogP contribution >= 0.6 is 22.6 Å². The number of amidine groups is 1. The molecule has 0 fully saturated rings. The van der Waals surface area contributed by atoms with E-state index < -0.39 is 5.69 Å². The van der Waals surface area contributed by atoms with E-state index in [0.29, 0.717) is 28.1 Å². The Bertz CT molecular complexity index is 546. The molecule has 0 aliphatic carbocycles. The fourth-order valence-corrected chi connectivity index (χ4v) is 1.97. The van der Waals surface area contributed by atoms with Gasteiger partial charge >= 0.3 is 5.69 Å². The first-order valence-electron chi connectivity index (χ1n) is 4.63. The lowest BCUT2D eigenvalue weighted by Crippen LogP contribution is -2.31. The number of nitrogens with zero attached hydrogens (tertiary/aromatic N) is 1. The van der Waals surface area contributed by atoms with Crippen LogP contribution in [0, 0.1) is 3.57 Å². The zero-order valence-corrected chi connectivity index (χ0v) is 10.4. The molecule has 1 atom stereocenters. The van der Waals surface area contributed by atoms with Crippen LogP contribution in [-0.4, -0.2) is 28.5 Å². The Balaban J connectivity index is 2.28. The molecule has 1 aliphatic rings. The monoisotopic (exact) mass is 333 g/mol. The summed E-state index contributed by atoms with van der Waals surface area (Å²) < 4.78 is 0.472. The Kier molecular flexibility index (Phi) is 3.10. The third kappa shape index (κ3) is 2.32. The van der Waals surface area contributed by atoms with E-state index in [1.807, 2.05) is 22.6 Å².